The highest BCUT2D eigenvalue weighted by Gasteiger charge is 2.61. The normalized spacial score (nSPS) is 21.2. The van der Waals surface area contributed by atoms with Gasteiger partial charge in [0, 0.05) is 12.6 Å². The van der Waals surface area contributed by atoms with E-state index in [1.807, 2.05) is 0 Å². The molecule has 0 spiro atoms. The monoisotopic (exact) mass is 366 g/mol. The van der Waals surface area contributed by atoms with Crippen molar-refractivity contribution in [3.05, 3.63) is 30.2 Å². The molecule has 2 aromatic rings. The van der Waals surface area contributed by atoms with Crippen LogP contribution in [-0.4, -0.2) is 33.2 Å². The lowest BCUT2D eigenvalue weighted by Crippen LogP contribution is -2.55. The van der Waals surface area contributed by atoms with Crippen LogP contribution in [0.15, 0.2) is 34.0 Å². The second kappa shape index (κ2) is 5.44. The number of furan rings is 1. The number of halogens is 6. The van der Waals surface area contributed by atoms with Gasteiger partial charge >= 0.3 is 12.4 Å². The predicted molar refractivity (Wildman–Crippen MR) is 71.3 cm³/mol. The zero-order valence-electron chi connectivity index (χ0n) is 12.0. The van der Waals surface area contributed by atoms with Crippen molar-refractivity contribution in [2.45, 2.75) is 24.5 Å². The first-order valence-corrected chi connectivity index (χ1v) is 6.64. The van der Waals surface area contributed by atoms with E-state index in [2.05, 4.69) is 15.1 Å². The second-order valence-electron chi connectivity index (χ2n) is 5.04. The van der Waals surface area contributed by atoms with Crippen LogP contribution in [0.3, 0.4) is 0 Å². The average Bonchev–Trinajstić information content (AvgIpc) is 3.15. The van der Waals surface area contributed by atoms with Crippen molar-refractivity contribution < 1.29 is 35.9 Å². The number of hydrogen-bond donors (Lipinski definition) is 1. The molecule has 0 bridgehead atoms. The summed E-state index contributed by atoms with van der Waals surface area (Å²) in [6.07, 6.45) is -9.27. The molecule has 1 aliphatic heterocycles. The summed E-state index contributed by atoms with van der Waals surface area (Å²) in [5, 5.41) is 13.0. The third kappa shape index (κ3) is 2.92. The number of aromatic nitrogens is 2. The Hall–Kier alpha value is -2.63. The Morgan fingerprint density at radius 1 is 1.16 bits per heavy atom. The number of hydrazone groups is 1. The lowest BCUT2D eigenvalue weighted by molar-refractivity contribution is -0.254. The second-order valence-corrected chi connectivity index (χ2v) is 5.04. The summed E-state index contributed by atoms with van der Waals surface area (Å²) in [6.45, 7) is 0. The van der Waals surface area contributed by atoms with Crippen molar-refractivity contribution in [2.24, 2.45) is 5.10 Å². The molecule has 12 heteroatoms. The maximum absolute atomic E-state index is 13.1. The molecule has 25 heavy (non-hydrogen) atoms. The van der Waals surface area contributed by atoms with E-state index in [4.69, 9.17) is 4.42 Å². The van der Waals surface area contributed by atoms with Crippen LogP contribution in [0.25, 0.3) is 11.5 Å². The fraction of sp³-hybridized carbons (Fsp3) is 0.308. The molecule has 0 aliphatic carbocycles. The molecule has 0 amide bonds. The van der Waals surface area contributed by atoms with Gasteiger partial charge in [0.05, 0.1) is 6.26 Å². The lowest BCUT2D eigenvalue weighted by atomic mass is 10.1. The molecular formula is C13H8F6N4O2. The third-order valence-electron chi connectivity index (χ3n) is 3.35. The summed E-state index contributed by atoms with van der Waals surface area (Å²) < 4.78 is 83.4. The first-order valence-electron chi connectivity index (χ1n) is 6.64. The standard InChI is InChI=1S/C13H8F6N4O2/c14-12(15,16)9-6-7(8-2-1-5-25-8)21-10(22-9)23-11(24,3-4-20-23)13(17,18)19/h1-2,4-6,24H,3H2/t11-/m1/s1. The predicted octanol–water partition coefficient (Wildman–Crippen LogP) is 3.20. The van der Waals surface area contributed by atoms with Crippen LogP contribution in [0, 0.1) is 0 Å². The van der Waals surface area contributed by atoms with Crippen molar-refractivity contribution in [2.75, 3.05) is 5.01 Å². The molecule has 6 nitrogen and oxygen atoms in total. The summed E-state index contributed by atoms with van der Waals surface area (Å²) in [5.41, 5.74) is -5.46. The number of nitrogens with zero attached hydrogens (tertiary/aromatic N) is 4. The first-order chi connectivity index (χ1) is 11.5. The summed E-state index contributed by atoms with van der Waals surface area (Å²) in [7, 11) is 0. The Balaban J connectivity index is 2.16. The van der Waals surface area contributed by atoms with Gasteiger partial charge < -0.3 is 9.52 Å². The van der Waals surface area contributed by atoms with Gasteiger partial charge in [0.2, 0.25) is 5.95 Å². The van der Waals surface area contributed by atoms with Gasteiger partial charge in [-0.1, -0.05) is 0 Å². The number of anilines is 1. The average molecular weight is 366 g/mol. The van der Waals surface area contributed by atoms with E-state index in [9.17, 15) is 31.4 Å². The van der Waals surface area contributed by atoms with Crippen LogP contribution in [0.2, 0.25) is 0 Å². The summed E-state index contributed by atoms with van der Waals surface area (Å²) in [6, 6.07) is 3.16. The van der Waals surface area contributed by atoms with Gasteiger partial charge in [-0.2, -0.15) is 36.5 Å². The highest BCUT2D eigenvalue weighted by atomic mass is 19.4. The SMILES string of the molecule is O[C@@]1(C(F)(F)F)CC=NN1c1nc(-c2ccco2)cc(C(F)(F)F)n1. The highest BCUT2D eigenvalue weighted by Crippen LogP contribution is 2.41. The third-order valence-corrected chi connectivity index (χ3v) is 3.35. The van der Waals surface area contributed by atoms with Crippen molar-refractivity contribution in [1.29, 1.82) is 0 Å². The fourth-order valence-electron chi connectivity index (χ4n) is 2.11. The molecule has 3 rings (SSSR count). The minimum atomic E-state index is -5.20. The Kier molecular flexibility index (Phi) is 3.74. The smallest absolute Gasteiger partial charge is 0.438 e. The minimum absolute atomic E-state index is 0.0886. The van der Waals surface area contributed by atoms with Crippen LogP contribution < -0.4 is 5.01 Å². The quantitative estimate of drug-likeness (QED) is 0.827. The molecule has 0 unspecified atom stereocenters. The van der Waals surface area contributed by atoms with E-state index in [0.29, 0.717) is 12.3 Å². The number of hydrogen-bond acceptors (Lipinski definition) is 6. The molecule has 2 aromatic heterocycles. The molecule has 0 saturated carbocycles. The summed E-state index contributed by atoms with van der Waals surface area (Å²) >= 11 is 0. The van der Waals surface area contributed by atoms with Gasteiger partial charge in [-0.15, -0.1) is 0 Å². The van der Waals surface area contributed by atoms with E-state index in [-0.39, 0.29) is 10.8 Å². The maximum Gasteiger partial charge on any atom is 0.438 e. The fourth-order valence-corrected chi connectivity index (χ4v) is 2.11. The number of rotatable bonds is 2. The van der Waals surface area contributed by atoms with Gasteiger partial charge in [0.1, 0.15) is 5.69 Å². The molecule has 0 fully saturated rings. The van der Waals surface area contributed by atoms with Gasteiger partial charge in [-0.05, 0) is 18.2 Å². The molecule has 0 radical (unpaired) electrons. The van der Waals surface area contributed by atoms with Crippen molar-refractivity contribution in [3.8, 4) is 11.5 Å². The molecule has 1 aliphatic rings. The Morgan fingerprint density at radius 2 is 1.88 bits per heavy atom. The zero-order chi connectivity index (χ0) is 18.5. The van der Waals surface area contributed by atoms with E-state index in [1.165, 1.54) is 12.1 Å². The minimum Gasteiger partial charge on any atom is -0.463 e. The first kappa shape index (κ1) is 17.2. The molecular weight excluding hydrogens is 358 g/mol. The Labute approximate surface area is 135 Å². The largest absolute Gasteiger partial charge is 0.463 e. The van der Waals surface area contributed by atoms with E-state index < -0.39 is 41.8 Å². The molecule has 1 atom stereocenters. The Morgan fingerprint density at radius 3 is 2.44 bits per heavy atom. The highest BCUT2D eigenvalue weighted by molar-refractivity contribution is 5.67. The van der Waals surface area contributed by atoms with Crippen LogP contribution >= 0.6 is 0 Å². The molecule has 134 valence electrons. The molecule has 0 aromatic carbocycles. The maximum atomic E-state index is 13.1. The van der Waals surface area contributed by atoms with Gasteiger partial charge in [-0.3, -0.25) is 0 Å². The number of alkyl halides is 6. The summed E-state index contributed by atoms with van der Waals surface area (Å²) in [4.78, 5) is 6.71. The molecule has 1 N–H and O–H groups in total. The van der Waals surface area contributed by atoms with Crippen molar-refractivity contribution >= 4 is 12.2 Å². The van der Waals surface area contributed by atoms with Gasteiger partial charge in [0.25, 0.3) is 5.72 Å². The van der Waals surface area contributed by atoms with Crippen molar-refractivity contribution in [1.82, 2.24) is 9.97 Å². The Bertz CT molecular complexity index is 802. The molecule has 0 saturated heterocycles. The van der Waals surface area contributed by atoms with Gasteiger partial charge in [0.15, 0.2) is 11.5 Å². The van der Waals surface area contributed by atoms with Crippen LogP contribution in [0.4, 0.5) is 32.3 Å². The van der Waals surface area contributed by atoms with Gasteiger partial charge in [-0.25, -0.2) is 9.97 Å². The number of aliphatic hydroxyl groups is 1. The van der Waals surface area contributed by atoms with E-state index in [0.717, 1.165) is 6.26 Å². The lowest BCUT2D eigenvalue weighted by Gasteiger charge is -2.32. The van der Waals surface area contributed by atoms with Crippen molar-refractivity contribution in [3.63, 3.8) is 0 Å². The zero-order valence-corrected chi connectivity index (χ0v) is 12.0. The van der Waals surface area contributed by atoms with E-state index >= 15 is 0 Å². The van der Waals surface area contributed by atoms with Crippen LogP contribution in [0.5, 0.6) is 0 Å². The van der Waals surface area contributed by atoms with Crippen LogP contribution in [-0.2, 0) is 6.18 Å². The molecule has 3 heterocycles. The van der Waals surface area contributed by atoms with Crippen LogP contribution in [0.1, 0.15) is 12.1 Å². The van der Waals surface area contributed by atoms with E-state index in [1.54, 1.807) is 0 Å². The summed E-state index contributed by atoms with van der Waals surface area (Å²) in [5.74, 6) is -1.18. The topological polar surface area (TPSA) is 74.8 Å².